The molecule has 1 heterocycles. The van der Waals surface area contributed by atoms with Gasteiger partial charge in [0.05, 0.1) is 17.3 Å². The number of rotatable bonds is 5. The molecule has 100 valence electrons. The number of carbonyl (C=O) groups is 2. The van der Waals surface area contributed by atoms with Gasteiger partial charge in [0.1, 0.15) is 6.54 Å². The quantitative estimate of drug-likeness (QED) is 0.780. The SMILES string of the molecule is CNC(=O)Cn1cc(NC(=O)C(C)(C)CCl)cn1. The monoisotopic (exact) mass is 272 g/mol. The molecule has 0 bridgehead atoms. The molecular weight excluding hydrogens is 256 g/mol. The van der Waals surface area contributed by atoms with Crippen molar-refractivity contribution in [3.05, 3.63) is 12.4 Å². The van der Waals surface area contributed by atoms with E-state index in [0.29, 0.717) is 5.69 Å². The minimum Gasteiger partial charge on any atom is -0.358 e. The van der Waals surface area contributed by atoms with Crippen molar-refractivity contribution in [2.45, 2.75) is 20.4 Å². The zero-order valence-electron chi connectivity index (χ0n) is 10.7. The van der Waals surface area contributed by atoms with Crippen LogP contribution >= 0.6 is 11.6 Å². The van der Waals surface area contributed by atoms with Crippen LogP contribution < -0.4 is 10.6 Å². The Balaban J connectivity index is 2.64. The summed E-state index contributed by atoms with van der Waals surface area (Å²) in [5.74, 6) is -0.111. The number of likely N-dealkylation sites (N-methyl/N-ethyl adjacent to an activating group) is 1. The third-order valence-corrected chi connectivity index (χ3v) is 3.09. The summed E-state index contributed by atoms with van der Waals surface area (Å²) in [5, 5.41) is 9.17. The van der Waals surface area contributed by atoms with Gasteiger partial charge in [0, 0.05) is 19.1 Å². The Morgan fingerprint density at radius 1 is 1.50 bits per heavy atom. The van der Waals surface area contributed by atoms with Crippen LogP contribution in [-0.2, 0) is 16.1 Å². The molecule has 2 N–H and O–H groups in total. The van der Waals surface area contributed by atoms with E-state index in [1.54, 1.807) is 27.1 Å². The molecule has 1 rings (SSSR count). The van der Waals surface area contributed by atoms with Crippen LogP contribution in [0.5, 0.6) is 0 Å². The number of halogens is 1. The smallest absolute Gasteiger partial charge is 0.241 e. The second-order valence-corrected chi connectivity index (χ2v) is 4.84. The minimum absolute atomic E-state index is 0.116. The average Bonchev–Trinajstić information content (AvgIpc) is 2.76. The Morgan fingerprint density at radius 3 is 2.72 bits per heavy atom. The normalized spacial score (nSPS) is 11.1. The second-order valence-electron chi connectivity index (χ2n) is 4.57. The highest BCUT2D eigenvalue weighted by molar-refractivity contribution is 6.20. The number of amides is 2. The van der Waals surface area contributed by atoms with Crippen LogP contribution in [0.1, 0.15) is 13.8 Å². The fourth-order valence-electron chi connectivity index (χ4n) is 1.10. The highest BCUT2D eigenvalue weighted by Crippen LogP contribution is 2.19. The molecule has 0 atom stereocenters. The van der Waals surface area contributed by atoms with Crippen molar-refractivity contribution < 1.29 is 9.59 Å². The number of hydrogen-bond donors (Lipinski definition) is 2. The maximum atomic E-state index is 11.8. The predicted molar refractivity (Wildman–Crippen MR) is 69.4 cm³/mol. The van der Waals surface area contributed by atoms with Gasteiger partial charge >= 0.3 is 0 Å². The molecule has 1 aromatic rings. The maximum absolute atomic E-state index is 11.8. The molecule has 18 heavy (non-hydrogen) atoms. The molecule has 0 aliphatic carbocycles. The molecule has 0 fully saturated rings. The third kappa shape index (κ3) is 3.73. The Bertz CT molecular complexity index is 442. The summed E-state index contributed by atoms with van der Waals surface area (Å²) in [6, 6.07) is 0. The second kappa shape index (κ2) is 5.86. The Kier molecular flexibility index (Phi) is 4.72. The lowest BCUT2D eigenvalue weighted by molar-refractivity contribution is -0.123. The number of nitrogens with zero attached hydrogens (tertiary/aromatic N) is 2. The summed E-state index contributed by atoms with van der Waals surface area (Å²) in [6.07, 6.45) is 3.09. The van der Waals surface area contributed by atoms with Crippen LogP contribution in [-0.4, -0.2) is 34.5 Å². The Morgan fingerprint density at radius 2 is 2.17 bits per heavy atom. The first-order valence-electron chi connectivity index (χ1n) is 5.49. The number of anilines is 1. The van der Waals surface area contributed by atoms with E-state index < -0.39 is 5.41 Å². The van der Waals surface area contributed by atoms with Crippen LogP contribution in [0.3, 0.4) is 0 Å². The van der Waals surface area contributed by atoms with Crippen LogP contribution in [0.15, 0.2) is 12.4 Å². The highest BCUT2D eigenvalue weighted by Gasteiger charge is 2.26. The molecule has 0 saturated carbocycles. The molecule has 0 aliphatic heterocycles. The van der Waals surface area contributed by atoms with Crippen molar-refractivity contribution in [3.63, 3.8) is 0 Å². The fraction of sp³-hybridized carbons (Fsp3) is 0.545. The largest absolute Gasteiger partial charge is 0.358 e. The van der Waals surface area contributed by atoms with Gasteiger partial charge in [-0.1, -0.05) is 0 Å². The lowest BCUT2D eigenvalue weighted by Gasteiger charge is -2.19. The summed E-state index contributed by atoms with van der Waals surface area (Å²) >= 11 is 5.71. The van der Waals surface area contributed by atoms with Gasteiger partial charge in [-0.15, -0.1) is 11.6 Å². The standard InChI is InChI=1S/C11H17ClN4O2/c1-11(2,7-12)10(18)15-8-4-14-16(5-8)6-9(17)13-3/h4-5H,6-7H2,1-3H3,(H,13,17)(H,15,18). The van der Waals surface area contributed by atoms with E-state index in [-0.39, 0.29) is 24.2 Å². The third-order valence-electron chi connectivity index (χ3n) is 2.42. The van der Waals surface area contributed by atoms with Crippen molar-refractivity contribution in [3.8, 4) is 0 Å². The van der Waals surface area contributed by atoms with Gasteiger partial charge in [0.25, 0.3) is 0 Å². The van der Waals surface area contributed by atoms with E-state index >= 15 is 0 Å². The molecule has 0 aromatic carbocycles. The molecule has 2 amide bonds. The Hall–Kier alpha value is -1.56. The van der Waals surface area contributed by atoms with Gasteiger partial charge in [0.15, 0.2) is 0 Å². The number of carbonyl (C=O) groups excluding carboxylic acids is 2. The van der Waals surface area contributed by atoms with E-state index in [1.807, 2.05) is 0 Å². The molecule has 0 saturated heterocycles. The van der Waals surface area contributed by atoms with Crippen molar-refractivity contribution >= 4 is 29.1 Å². The summed E-state index contributed by atoms with van der Waals surface area (Å²) in [7, 11) is 1.55. The zero-order chi connectivity index (χ0) is 13.8. The summed E-state index contributed by atoms with van der Waals surface area (Å²) in [5.41, 5.74) is -0.105. The van der Waals surface area contributed by atoms with Gasteiger partial charge in [-0.25, -0.2) is 0 Å². The lowest BCUT2D eigenvalue weighted by Crippen LogP contribution is -2.32. The van der Waals surface area contributed by atoms with E-state index in [0.717, 1.165) is 0 Å². The molecule has 6 nitrogen and oxygen atoms in total. The van der Waals surface area contributed by atoms with E-state index in [1.165, 1.54) is 10.9 Å². The zero-order valence-corrected chi connectivity index (χ0v) is 11.4. The van der Waals surface area contributed by atoms with E-state index in [9.17, 15) is 9.59 Å². The summed E-state index contributed by atoms with van der Waals surface area (Å²) < 4.78 is 1.45. The van der Waals surface area contributed by atoms with Crippen LogP contribution in [0, 0.1) is 5.41 Å². The van der Waals surface area contributed by atoms with Gasteiger partial charge in [-0.05, 0) is 13.8 Å². The first kappa shape index (κ1) is 14.5. The fourth-order valence-corrected chi connectivity index (χ4v) is 1.22. The van der Waals surface area contributed by atoms with Gasteiger partial charge in [-0.2, -0.15) is 5.10 Å². The molecule has 0 radical (unpaired) electrons. The average molecular weight is 273 g/mol. The van der Waals surface area contributed by atoms with Crippen molar-refractivity contribution in [2.75, 3.05) is 18.2 Å². The summed E-state index contributed by atoms with van der Waals surface area (Å²) in [6.45, 7) is 3.62. The molecule has 7 heteroatoms. The Labute approximate surface area is 111 Å². The molecular formula is C11H17ClN4O2. The van der Waals surface area contributed by atoms with Crippen LogP contribution in [0.2, 0.25) is 0 Å². The highest BCUT2D eigenvalue weighted by atomic mass is 35.5. The van der Waals surface area contributed by atoms with Crippen LogP contribution in [0.4, 0.5) is 5.69 Å². The predicted octanol–water partition coefficient (Wildman–Crippen LogP) is 0.833. The first-order valence-corrected chi connectivity index (χ1v) is 6.03. The van der Waals surface area contributed by atoms with Crippen LogP contribution in [0.25, 0.3) is 0 Å². The first-order chi connectivity index (χ1) is 8.39. The molecule has 1 aromatic heterocycles. The van der Waals surface area contributed by atoms with E-state index in [2.05, 4.69) is 15.7 Å². The molecule has 0 unspecified atom stereocenters. The van der Waals surface area contributed by atoms with Gasteiger partial charge in [-0.3, -0.25) is 14.3 Å². The van der Waals surface area contributed by atoms with Gasteiger partial charge in [0.2, 0.25) is 11.8 Å². The van der Waals surface area contributed by atoms with Crippen molar-refractivity contribution in [1.29, 1.82) is 0 Å². The van der Waals surface area contributed by atoms with Crippen molar-refractivity contribution in [1.82, 2.24) is 15.1 Å². The molecule has 0 aliphatic rings. The topological polar surface area (TPSA) is 76.0 Å². The minimum atomic E-state index is -0.648. The lowest BCUT2D eigenvalue weighted by atomic mass is 9.95. The number of hydrogen-bond acceptors (Lipinski definition) is 3. The number of alkyl halides is 1. The van der Waals surface area contributed by atoms with Crippen molar-refractivity contribution in [2.24, 2.45) is 5.41 Å². The van der Waals surface area contributed by atoms with Gasteiger partial charge < -0.3 is 10.6 Å². The summed E-state index contributed by atoms with van der Waals surface area (Å²) in [4.78, 5) is 23.0. The van der Waals surface area contributed by atoms with E-state index in [4.69, 9.17) is 11.6 Å². The maximum Gasteiger partial charge on any atom is 0.241 e. The number of nitrogens with one attached hydrogen (secondary N) is 2. The molecule has 0 spiro atoms. The number of aromatic nitrogens is 2.